The topological polar surface area (TPSA) is 49.4 Å². The number of carbonyl (C=O) groups is 2. The smallest absolute Gasteiger partial charge is 0.267 e. The van der Waals surface area contributed by atoms with Crippen LogP contribution >= 0.6 is 0 Å². The number of anilines is 2. The van der Waals surface area contributed by atoms with Crippen LogP contribution in [0, 0.1) is 6.92 Å². The van der Waals surface area contributed by atoms with Crippen LogP contribution in [0.5, 0.6) is 0 Å². The molecule has 0 unspecified atom stereocenters. The number of hydrogen-bond acceptors (Lipinski definition) is 3. The van der Waals surface area contributed by atoms with Gasteiger partial charge >= 0.3 is 0 Å². The van der Waals surface area contributed by atoms with Gasteiger partial charge in [0.05, 0.1) is 11.3 Å². The molecule has 4 heteroatoms. The van der Waals surface area contributed by atoms with Crippen molar-refractivity contribution in [3.8, 4) is 0 Å². The molecule has 0 saturated heterocycles. The zero-order valence-corrected chi connectivity index (χ0v) is 14.8. The molecule has 27 heavy (non-hydrogen) atoms. The first-order valence-electron chi connectivity index (χ1n) is 8.72. The van der Waals surface area contributed by atoms with Crippen LogP contribution in [-0.2, 0) is 4.79 Å². The van der Waals surface area contributed by atoms with E-state index in [4.69, 9.17) is 0 Å². The molecule has 1 N–H and O–H groups in total. The van der Waals surface area contributed by atoms with Crippen molar-refractivity contribution in [2.45, 2.75) is 6.92 Å². The van der Waals surface area contributed by atoms with E-state index < -0.39 is 0 Å². The van der Waals surface area contributed by atoms with Gasteiger partial charge in [-0.2, -0.15) is 0 Å². The standard InChI is InChI=1S/C23H18N2O2/c1-16-11-13-17(14-12-16)24-15-21-19-9-5-6-10-20(19)22(26)25(23(21)27)18-7-3-2-4-8-18/h2-15,24H,1H3/b21-15+. The zero-order chi connectivity index (χ0) is 18.8. The molecule has 3 aromatic rings. The van der Waals surface area contributed by atoms with E-state index in [1.807, 2.05) is 55.5 Å². The molecule has 0 bridgehead atoms. The number of fused-ring (bicyclic) bond motifs is 1. The molecule has 0 radical (unpaired) electrons. The molecule has 1 aliphatic heterocycles. The third-order valence-electron chi connectivity index (χ3n) is 4.53. The normalized spacial score (nSPS) is 15.0. The summed E-state index contributed by atoms with van der Waals surface area (Å²) in [5.74, 6) is -0.654. The van der Waals surface area contributed by atoms with Crippen molar-refractivity contribution >= 4 is 28.8 Å². The second-order valence-electron chi connectivity index (χ2n) is 6.40. The van der Waals surface area contributed by atoms with Crippen LogP contribution in [0.4, 0.5) is 11.4 Å². The molecular formula is C23H18N2O2. The Bertz CT molecular complexity index is 1040. The first-order chi connectivity index (χ1) is 13.1. The summed E-state index contributed by atoms with van der Waals surface area (Å²) in [6.45, 7) is 2.02. The van der Waals surface area contributed by atoms with Crippen LogP contribution in [0.1, 0.15) is 21.5 Å². The minimum Gasteiger partial charge on any atom is -0.361 e. The maximum Gasteiger partial charge on any atom is 0.267 e. The lowest BCUT2D eigenvalue weighted by Crippen LogP contribution is -2.42. The summed E-state index contributed by atoms with van der Waals surface area (Å²) in [4.78, 5) is 27.3. The lowest BCUT2D eigenvalue weighted by Gasteiger charge is -2.28. The lowest BCUT2D eigenvalue weighted by atomic mass is 9.93. The summed E-state index contributed by atoms with van der Waals surface area (Å²) in [5.41, 5.74) is 4.20. The van der Waals surface area contributed by atoms with Gasteiger partial charge < -0.3 is 5.32 Å². The van der Waals surface area contributed by atoms with Crippen molar-refractivity contribution < 1.29 is 9.59 Å². The van der Waals surface area contributed by atoms with Crippen molar-refractivity contribution in [3.63, 3.8) is 0 Å². The van der Waals surface area contributed by atoms with Crippen LogP contribution in [0.25, 0.3) is 5.57 Å². The van der Waals surface area contributed by atoms with E-state index in [0.717, 1.165) is 11.3 Å². The Morgan fingerprint density at radius 2 is 1.37 bits per heavy atom. The Kier molecular flexibility index (Phi) is 4.30. The Balaban J connectivity index is 1.78. The Morgan fingerprint density at radius 1 is 0.741 bits per heavy atom. The molecule has 3 aromatic carbocycles. The summed E-state index contributed by atoms with van der Waals surface area (Å²) < 4.78 is 0. The molecule has 1 aliphatic rings. The number of hydrogen-bond donors (Lipinski definition) is 1. The Labute approximate surface area is 157 Å². The number of nitrogens with zero attached hydrogens (tertiary/aromatic N) is 1. The van der Waals surface area contributed by atoms with Gasteiger partial charge in [0.25, 0.3) is 11.8 Å². The van der Waals surface area contributed by atoms with Crippen molar-refractivity contribution in [1.82, 2.24) is 0 Å². The molecule has 1 heterocycles. The zero-order valence-electron chi connectivity index (χ0n) is 14.8. The SMILES string of the molecule is Cc1ccc(N/C=C2/C(=O)N(c3ccccc3)C(=O)c3ccccc32)cc1. The van der Waals surface area contributed by atoms with Gasteiger partial charge in [0.1, 0.15) is 0 Å². The minimum absolute atomic E-state index is 0.311. The van der Waals surface area contributed by atoms with E-state index in [1.54, 1.807) is 36.5 Å². The highest BCUT2D eigenvalue weighted by Gasteiger charge is 2.35. The molecule has 0 saturated carbocycles. The second kappa shape index (κ2) is 6.92. The molecule has 0 aromatic heterocycles. The van der Waals surface area contributed by atoms with Crippen LogP contribution in [0.15, 0.2) is 85.1 Å². The van der Waals surface area contributed by atoms with Crippen LogP contribution in [0.2, 0.25) is 0 Å². The number of para-hydroxylation sites is 1. The van der Waals surface area contributed by atoms with Gasteiger partial charge in [-0.1, -0.05) is 54.1 Å². The summed E-state index contributed by atoms with van der Waals surface area (Å²) in [6, 6.07) is 24.1. The summed E-state index contributed by atoms with van der Waals surface area (Å²) in [7, 11) is 0. The number of benzene rings is 3. The number of nitrogens with one attached hydrogen (secondary N) is 1. The van der Waals surface area contributed by atoms with Crippen LogP contribution < -0.4 is 10.2 Å². The largest absolute Gasteiger partial charge is 0.361 e. The quantitative estimate of drug-likeness (QED) is 0.551. The van der Waals surface area contributed by atoms with E-state index in [2.05, 4.69) is 5.32 Å². The van der Waals surface area contributed by atoms with Crippen molar-refractivity contribution in [2.24, 2.45) is 0 Å². The molecular weight excluding hydrogens is 336 g/mol. The van der Waals surface area contributed by atoms with Gasteiger partial charge in [-0.15, -0.1) is 0 Å². The van der Waals surface area contributed by atoms with Crippen molar-refractivity contribution in [1.29, 1.82) is 0 Å². The van der Waals surface area contributed by atoms with Crippen LogP contribution in [0.3, 0.4) is 0 Å². The summed E-state index contributed by atoms with van der Waals surface area (Å²) >= 11 is 0. The molecule has 0 aliphatic carbocycles. The fourth-order valence-electron chi connectivity index (χ4n) is 3.11. The summed E-state index contributed by atoms with van der Waals surface area (Å²) in [6.07, 6.45) is 1.67. The van der Waals surface area contributed by atoms with Gasteiger partial charge in [-0.25, -0.2) is 4.90 Å². The average Bonchev–Trinajstić information content (AvgIpc) is 2.70. The maximum atomic E-state index is 13.2. The number of imide groups is 1. The third-order valence-corrected chi connectivity index (χ3v) is 4.53. The summed E-state index contributed by atoms with van der Waals surface area (Å²) in [5, 5.41) is 3.18. The van der Waals surface area contributed by atoms with E-state index >= 15 is 0 Å². The highest BCUT2D eigenvalue weighted by Crippen LogP contribution is 2.32. The fourth-order valence-corrected chi connectivity index (χ4v) is 3.11. The second-order valence-corrected chi connectivity index (χ2v) is 6.40. The highest BCUT2D eigenvalue weighted by molar-refractivity contribution is 6.41. The molecule has 0 spiro atoms. The maximum absolute atomic E-state index is 13.2. The van der Waals surface area contributed by atoms with Gasteiger partial charge in [0.2, 0.25) is 0 Å². The molecule has 132 valence electrons. The highest BCUT2D eigenvalue weighted by atomic mass is 16.2. The molecule has 0 atom stereocenters. The van der Waals surface area contributed by atoms with E-state index in [1.165, 1.54) is 4.90 Å². The number of amides is 2. The number of carbonyl (C=O) groups excluding carboxylic acids is 2. The van der Waals surface area contributed by atoms with E-state index in [0.29, 0.717) is 22.4 Å². The Morgan fingerprint density at radius 3 is 2.07 bits per heavy atom. The minimum atomic E-state index is -0.343. The monoisotopic (exact) mass is 354 g/mol. The molecule has 4 rings (SSSR count). The Hall–Kier alpha value is -3.66. The van der Waals surface area contributed by atoms with Crippen LogP contribution in [-0.4, -0.2) is 11.8 Å². The van der Waals surface area contributed by atoms with E-state index in [-0.39, 0.29) is 11.8 Å². The van der Waals surface area contributed by atoms with Gasteiger partial charge in [0.15, 0.2) is 0 Å². The first-order valence-corrected chi connectivity index (χ1v) is 8.72. The molecule has 2 amide bonds. The van der Waals surface area contributed by atoms with Crippen molar-refractivity contribution in [3.05, 3.63) is 102 Å². The lowest BCUT2D eigenvalue weighted by molar-refractivity contribution is -0.112. The van der Waals surface area contributed by atoms with E-state index in [9.17, 15) is 9.59 Å². The number of rotatable bonds is 3. The molecule has 4 nitrogen and oxygen atoms in total. The average molecular weight is 354 g/mol. The van der Waals surface area contributed by atoms with Crippen molar-refractivity contribution in [2.75, 3.05) is 10.2 Å². The van der Waals surface area contributed by atoms with Gasteiger partial charge in [0, 0.05) is 23.0 Å². The fraction of sp³-hybridized carbons (Fsp3) is 0.0435. The first kappa shape index (κ1) is 16.8. The predicted octanol–water partition coefficient (Wildman–Crippen LogP) is 4.64. The predicted molar refractivity (Wildman–Crippen MR) is 107 cm³/mol. The molecule has 0 fully saturated rings. The number of aryl methyl sites for hydroxylation is 1. The van der Waals surface area contributed by atoms with Gasteiger partial charge in [-0.3, -0.25) is 9.59 Å². The third kappa shape index (κ3) is 3.13. The van der Waals surface area contributed by atoms with Gasteiger partial charge in [-0.05, 0) is 37.3 Å².